The molecule has 11 heavy (non-hydrogen) atoms. The molecule has 0 saturated heterocycles. The monoisotopic (exact) mass is 189 g/mol. The number of nitrogens with zero attached hydrogens (tertiary/aromatic N) is 1. The van der Waals surface area contributed by atoms with Crippen LogP contribution in [0.1, 0.15) is 10.5 Å². The van der Waals surface area contributed by atoms with Crippen LogP contribution in [0.5, 0.6) is 0 Å². The normalized spacial score (nSPS) is 8.73. The summed E-state index contributed by atoms with van der Waals surface area (Å²) in [5, 5.41) is 0. The van der Waals surface area contributed by atoms with E-state index in [0.717, 1.165) is 0 Å². The Labute approximate surface area is 70.2 Å². The summed E-state index contributed by atoms with van der Waals surface area (Å²) in [5.74, 6) is -0.638. The quantitative estimate of drug-likeness (QED) is 0.682. The number of pyridine rings is 1. The van der Waals surface area contributed by atoms with Crippen LogP contribution in [0.4, 0.5) is 0 Å². The fourth-order valence-corrected chi connectivity index (χ4v) is 0.816. The topological polar surface area (TPSA) is 56.3 Å². The minimum absolute atomic E-state index is 0.179. The van der Waals surface area contributed by atoms with E-state index in [9.17, 15) is 8.47 Å². The second-order valence-electron chi connectivity index (χ2n) is 1.67. The summed E-state index contributed by atoms with van der Waals surface area (Å²) in [4.78, 5) is 14.5. The van der Waals surface area contributed by atoms with E-state index in [1.807, 2.05) is 0 Å². The summed E-state index contributed by atoms with van der Waals surface area (Å²) in [5.41, 5.74) is 0.179. The van der Waals surface area contributed by atoms with Gasteiger partial charge in [0.2, 0.25) is 0 Å². The van der Waals surface area contributed by atoms with Gasteiger partial charge in [-0.25, -0.2) is 0 Å². The molecule has 0 aliphatic heterocycles. The first-order chi connectivity index (χ1) is 5.34. The molecule has 1 rings (SSSR count). The Hall–Kier alpha value is -0.996. The Morgan fingerprint density at radius 1 is 1.55 bits per heavy atom. The molecule has 0 saturated carbocycles. The van der Waals surface area contributed by atoms with E-state index in [1.165, 1.54) is 12.3 Å². The van der Waals surface area contributed by atoms with Crippen LogP contribution in [0.25, 0.3) is 0 Å². The molecule has 0 fully saturated rings. The zero-order chi connectivity index (χ0) is 8.10. The number of hydrogen-bond donors (Lipinski definition) is 0. The van der Waals surface area contributed by atoms with Gasteiger partial charge in [-0.3, -0.25) is 0 Å². The molecule has 0 spiro atoms. The summed E-state index contributed by atoms with van der Waals surface area (Å²) >= 11 is -1.58. The van der Waals surface area contributed by atoms with Crippen LogP contribution in [0.2, 0.25) is 0 Å². The molecule has 0 N–H and O–H groups in total. The Morgan fingerprint density at radius 3 is 2.91 bits per heavy atom. The Kier molecular flexibility index (Phi) is 2.95. The van der Waals surface area contributed by atoms with Crippen molar-refractivity contribution in [2.45, 2.75) is 0 Å². The molecular weight excluding hydrogens is 185 g/mol. The van der Waals surface area contributed by atoms with Gasteiger partial charge in [-0.05, 0) is 0 Å². The van der Waals surface area contributed by atoms with Crippen LogP contribution in [0.15, 0.2) is 24.4 Å². The van der Waals surface area contributed by atoms with Gasteiger partial charge in [0.1, 0.15) is 0 Å². The second kappa shape index (κ2) is 4.00. The van der Waals surface area contributed by atoms with Crippen LogP contribution in [0.3, 0.4) is 0 Å². The molecule has 5 heteroatoms. The fourth-order valence-electron chi connectivity index (χ4n) is 0.564. The van der Waals surface area contributed by atoms with Crippen LogP contribution >= 0.6 is 0 Å². The molecule has 0 unspecified atom stereocenters. The van der Waals surface area contributed by atoms with Gasteiger partial charge in [0.25, 0.3) is 0 Å². The number of hydrogen-bond acceptors (Lipinski definition) is 4. The van der Waals surface area contributed by atoms with Gasteiger partial charge >= 0.3 is 69.8 Å². The summed E-state index contributed by atoms with van der Waals surface area (Å²) in [6.45, 7) is 0. The van der Waals surface area contributed by atoms with Gasteiger partial charge in [0.15, 0.2) is 0 Å². The molecule has 1 aromatic heterocycles. The van der Waals surface area contributed by atoms with Crippen molar-refractivity contribution < 1.29 is 28.7 Å². The van der Waals surface area contributed by atoms with Crippen LogP contribution in [-0.4, -0.2) is 11.0 Å². The summed E-state index contributed by atoms with van der Waals surface area (Å²) in [6.07, 6.45) is 1.47. The molecule has 0 aliphatic carbocycles. The van der Waals surface area contributed by atoms with Crippen molar-refractivity contribution in [3.63, 3.8) is 0 Å². The van der Waals surface area contributed by atoms with Crippen molar-refractivity contribution in [2.24, 2.45) is 0 Å². The summed E-state index contributed by atoms with van der Waals surface area (Å²) in [7, 11) is 0. The average Bonchev–Trinajstić information content (AvgIpc) is 2.07. The van der Waals surface area contributed by atoms with Gasteiger partial charge in [0.05, 0.1) is 0 Å². The number of rotatable bonds is 2. The molecule has 0 radical (unpaired) electrons. The Balaban J connectivity index is 2.77. The van der Waals surface area contributed by atoms with Gasteiger partial charge < -0.3 is 0 Å². The third kappa shape index (κ3) is 2.25. The van der Waals surface area contributed by atoms with E-state index in [0.29, 0.717) is 0 Å². The molecule has 0 aliphatic rings. The average molecular weight is 189 g/mol. The predicted molar refractivity (Wildman–Crippen MR) is 30.3 cm³/mol. The number of carbonyl (C=O) groups excluding carboxylic acids is 1. The zero-order valence-corrected chi connectivity index (χ0v) is 6.83. The molecule has 1 aromatic rings. The second-order valence-corrected chi connectivity index (χ2v) is 2.19. The molecule has 0 amide bonds. The molecule has 0 aromatic carbocycles. The summed E-state index contributed by atoms with van der Waals surface area (Å²) < 4.78 is 14.2. The van der Waals surface area contributed by atoms with Crippen LogP contribution < -0.4 is 0 Å². The van der Waals surface area contributed by atoms with Gasteiger partial charge in [-0.1, -0.05) is 0 Å². The number of carbonyl (C=O) groups is 1. The van der Waals surface area contributed by atoms with Crippen molar-refractivity contribution in [1.29, 1.82) is 0 Å². The third-order valence-corrected chi connectivity index (χ3v) is 1.37. The van der Waals surface area contributed by atoms with Crippen LogP contribution in [0, 0.1) is 0 Å². The van der Waals surface area contributed by atoms with Crippen molar-refractivity contribution in [3.05, 3.63) is 30.1 Å². The van der Waals surface area contributed by atoms with E-state index < -0.39 is 22.6 Å². The maximum absolute atomic E-state index is 10.8. The van der Waals surface area contributed by atoms with Crippen molar-refractivity contribution >= 4 is 5.97 Å². The standard InChI is InChI=1S/C6H5NO2.O.V/c8-6(9)5-3-1-2-4-7-5;;/h1-4H,(H,8,9);;/q;;+1/p-1. The van der Waals surface area contributed by atoms with E-state index in [1.54, 1.807) is 12.1 Å². The van der Waals surface area contributed by atoms with Gasteiger partial charge in [0, 0.05) is 0 Å². The molecule has 0 bridgehead atoms. The minimum atomic E-state index is -1.58. The molecule has 56 valence electrons. The molecular formula is C6H4NO3V. The Morgan fingerprint density at radius 2 is 2.36 bits per heavy atom. The predicted octanol–water partition coefficient (Wildman–Crippen LogP) is 0.581. The van der Waals surface area contributed by atoms with Crippen molar-refractivity contribution in [1.82, 2.24) is 4.98 Å². The van der Waals surface area contributed by atoms with E-state index in [4.69, 9.17) is 0 Å². The van der Waals surface area contributed by atoms with Gasteiger partial charge in [-0.2, -0.15) is 0 Å². The molecule has 0 atom stereocenters. The van der Waals surface area contributed by atoms with E-state index in [-0.39, 0.29) is 5.69 Å². The third-order valence-electron chi connectivity index (χ3n) is 0.994. The van der Waals surface area contributed by atoms with Crippen LogP contribution in [-0.2, 0) is 23.9 Å². The number of aromatic nitrogens is 1. The Bertz CT molecular complexity index is 262. The first-order valence-electron chi connectivity index (χ1n) is 2.79. The maximum atomic E-state index is 10.8. The fraction of sp³-hybridized carbons (Fsp3) is 0. The van der Waals surface area contributed by atoms with Crippen molar-refractivity contribution in [2.75, 3.05) is 0 Å². The first-order valence-corrected chi connectivity index (χ1v) is 3.93. The van der Waals surface area contributed by atoms with E-state index in [2.05, 4.69) is 8.65 Å². The SMILES string of the molecule is [O]=[V][O]C(=O)c1ccccn1. The first kappa shape index (κ1) is 8.10. The molecule has 1 heterocycles. The van der Waals surface area contributed by atoms with Crippen molar-refractivity contribution in [3.8, 4) is 0 Å². The van der Waals surface area contributed by atoms with Gasteiger partial charge in [-0.15, -0.1) is 0 Å². The zero-order valence-electron chi connectivity index (χ0n) is 5.43. The van der Waals surface area contributed by atoms with E-state index >= 15 is 0 Å². The molecule has 4 nitrogen and oxygen atoms in total. The summed E-state index contributed by atoms with van der Waals surface area (Å²) in [6, 6.07) is 4.84.